The van der Waals surface area contributed by atoms with E-state index in [4.69, 9.17) is 5.73 Å². The summed E-state index contributed by atoms with van der Waals surface area (Å²) in [6.45, 7) is 4.88. The van der Waals surface area contributed by atoms with Gasteiger partial charge in [0.2, 0.25) is 0 Å². The third-order valence-corrected chi connectivity index (χ3v) is 3.59. The Morgan fingerprint density at radius 2 is 2.28 bits per heavy atom. The molecule has 1 aromatic rings. The number of pyridine rings is 1. The number of carbonyl (C=O) groups is 1. The molecule has 1 aliphatic carbocycles. The fourth-order valence-electron chi connectivity index (χ4n) is 2.67. The van der Waals surface area contributed by atoms with Crippen LogP contribution in [0.3, 0.4) is 0 Å². The van der Waals surface area contributed by atoms with Gasteiger partial charge in [-0.25, -0.2) is 4.98 Å². The smallest absolute Gasteiger partial charge is 0.251 e. The lowest BCUT2D eigenvalue weighted by molar-refractivity contribution is 0.0947. The molecule has 4 nitrogen and oxygen atoms in total. The third kappa shape index (κ3) is 3.22. The number of rotatable bonds is 3. The highest BCUT2D eigenvalue weighted by Crippen LogP contribution is 2.29. The molecule has 0 aromatic carbocycles. The molecule has 1 aliphatic rings. The maximum absolute atomic E-state index is 12.0. The second kappa shape index (κ2) is 5.38. The zero-order valence-corrected chi connectivity index (χ0v) is 11.1. The van der Waals surface area contributed by atoms with E-state index in [-0.39, 0.29) is 5.91 Å². The summed E-state index contributed by atoms with van der Waals surface area (Å²) in [4.78, 5) is 16.1. The van der Waals surface area contributed by atoms with E-state index < -0.39 is 0 Å². The summed E-state index contributed by atoms with van der Waals surface area (Å²) in [5.41, 5.74) is 7.02. The lowest BCUT2D eigenvalue weighted by Crippen LogP contribution is -2.28. The molecule has 3 N–H and O–H groups in total. The van der Waals surface area contributed by atoms with Crippen molar-refractivity contribution < 1.29 is 4.79 Å². The van der Waals surface area contributed by atoms with Crippen LogP contribution >= 0.6 is 0 Å². The van der Waals surface area contributed by atoms with Crippen LogP contribution in [0, 0.1) is 18.8 Å². The summed E-state index contributed by atoms with van der Waals surface area (Å²) in [5.74, 6) is 1.77. The number of nitrogens with two attached hydrogens (primary N) is 1. The number of nitrogens with one attached hydrogen (secondary N) is 1. The second-order valence-corrected chi connectivity index (χ2v) is 5.42. The van der Waals surface area contributed by atoms with Crippen molar-refractivity contribution in [1.29, 1.82) is 0 Å². The summed E-state index contributed by atoms with van der Waals surface area (Å²) < 4.78 is 0. The zero-order chi connectivity index (χ0) is 13.1. The quantitative estimate of drug-likeness (QED) is 0.859. The molecule has 0 aliphatic heterocycles. The lowest BCUT2D eigenvalue weighted by atomic mass is 10.1. The highest BCUT2D eigenvalue weighted by molar-refractivity contribution is 5.94. The molecule has 2 unspecified atom stereocenters. The maximum atomic E-state index is 12.0. The predicted octanol–water partition coefficient (Wildman–Crippen LogP) is 2.14. The Morgan fingerprint density at radius 1 is 1.50 bits per heavy atom. The molecule has 1 saturated carbocycles. The Hall–Kier alpha value is -1.58. The molecule has 1 fully saturated rings. The Morgan fingerprint density at radius 3 is 2.89 bits per heavy atom. The molecular formula is C14H21N3O. The molecule has 18 heavy (non-hydrogen) atoms. The van der Waals surface area contributed by atoms with Gasteiger partial charge in [0.05, 0.1) is 0 Å². The summed E-state index contributed by atoms with van der Waals surface area (Å²) >= 11 is 0. The van der Waals surface area contributed by atoms with Crippen LogP contribution < -0.4 is 11.1 Å². The largest absolute Gasteiger partial charge is 0.384 e. The second-order valence-electron chi connectivity index (χ2n) is 5.42. The number of hydrogen-bond acceptors (Lipinski definition) is 3. The minimum absolute atomic E-state index is 0.0493. The van der Waals surface area contributed by atoms with E-state index in [0.717, 1.165) is 18.2 Å². The molecule has 1 aromatic heterocycles. The summed E-state index contributed by atoms with van der Waals surface area (Å²) in [7, 11) is 0. The number of hydrogen-bond donors (Lipinski definition) is 2. The molecule has 0 spiro atoms. The zero-order valence-electron chi connectivity index (χ0n) is 11.1. The Balaban J connectivity index is 1.91. The first-order valence-electron chi connectivity index (χ1n) is 6.57. The molecule has 0 radical (unpaired) electrons. The van der Waals surface area contributed by atoms with E-state index in [9.17, 15) is 4.79 Å². The third-order valence-electron chi connectivity index (χ3n) is 3.59. The minimum Gasteiger partial charge on any atom is -0.384 e. The number of aryl methyl sites for hydroxylation is 1. The van der Waals surface area contributed by atoms with Crippen LogP contribution in [0.4, 0.5) is 5.82 Å². The summed E-state index contributed by atoms with van der Waals surface area (Å²) in [6.07, 6.45) is 3.72. The first kappa shape index (κ1) is 12.9. The number of anilines is 1. The number of aromatic nitrogens is 1. The molecule has 1 amide bonds. The highest BCUT2D eigenvalue weighted by Gasteiger charge is 2.21. The number of nitrogen functional groups attached to an aromatic ring is 1. The van der Waals surface area contributed by atoms with Crippen molar-refractivity contribution in [1.82, 2.24) is 10.3 Å². The van der Waals surface area contributed by atoms with Crippen LogP contribution in [-0.4, -0.2) is 17.4 Å². The molecular weight excluding hydrogens is 226 g/mol. The van der Waals surface area contributed by atoms with Gasteiger partial charge < -0.3 is 11.1 Å². The Bertz CT molecular complexity index is 424. The molecule has 4 heteroatoms. The SMILES string of the molecule is Cc1cc(C(=O)NCC2CCC(C)C2)cc(N)n1. The highest BCUT2D eigenvalue weighted by atomic mass is 16.1. The van der Waals surface area contributed by atoms with Gasteiger partial charge in [-0.1, -0.05) is 13.3 Å². The molecule has 98 valence electrons. The monoisotopic (exact) mass is 247 g/mol. The molecule has 0 bridgehead atoms. The standard InChI is InChI=1S/C14H21N3O/c1-9-3-4-11(5-9)8-16-14(18)12-6-10(2)17-13(15)7-12/h6-7,9,11H,3-5,8H2,1-2H3,(H2,15,17)(H,16,18). The normalized spacial score (nSPS) is 23.0. The number of carbonyl (C=O) groups excluding carboxylic acids is 1. The van der Waals surface area contributed by atoms with Crippen molar-refractivity contribution in [3.05, 3.63) is 23.4 Å². The van der Waals surface area contributed by atoms with Gasteiger partial charge >= 0.3 is 0 Å². The average molecular weight is 247 g/mol. The van der Waals surface area contributed by atoms with Crippen LogP contribution in [0.15, 0.2) is 12.1 Å². The fourth-order valence-corrected chi connectivity index (χ4v) is 2.67. The molecule has 2 atom stereocenters. The molecule has 2 rings (SSSR count). The lowest BCUT2D eigenvalue weighted by Gasteiger charge is -2.11. The van der Waals surface area contributed by atoms with Gasteiger partial charge in [0.25, 0.3) is 5.91 Å². The van der Waals surface area contributed by atoms with Gasteiger partial charge in [-0.15, -0.1) is 0 Å². The first-order valence-corrected chi connectivity index (χ1v) is 6.57. The number of amides is 1. The summed E-state index contributed by atoms with van der Waals surface area (Å²) in [6, 6.07) is 3.39. The van der Waals surface area contributed by atoms with Crippen LogP contribution in [0.5, 0.6) is 0 Å². The van der Waals surface area contributed by atoms with Crippen LogP contribution in [0.25, 0.3) is 0 Å². The van der Waals surface area contributed by atoms with Gasteiger partial charge in [0.15, 0.2) is 0 Å². The van der Waals surface area contributed by atoms with Gasteiger partial charge in [-0.3, -0.25) is 4.79 Å². The van der Waals surface area contributed by atoms with E-state index in [0.29, 0.717) is 17.3 Å². The van der Waals surface area contributed by atoms with E-state index >= 15 is 0 Å². The molecule has 1 heterocycles. The van der Waals surface area contributed by atoms with Crippen molar-refractivity contribution in [3.8, 4) is 0 Å². The van der Waals surface area contributed by atoms with E-state index in [1.165, 1.54) is 19.3 Å². The fraction of sp³-hybridized carbons (Fsp3) is 0.571. The van der Waals surface area contributed by atoms with Crippen molar-refractivity contribution in [2.24, 2.45) is 11.8 Å². The number of nitrogens with zero attached hydrogens (tertiary/aromatic N) is 1. The Kier molecular flexibility index (Phi) is 3.84. The van der Waals surface area contributed by atoms with Crippen molar-refractivity contribution in [2.75, 3.05) is 12.3 Å². The minimum atomic E-state index is -0.0493. The first-order chi connectivity index (χ1) is 8.54. The van der Waals surface area contributed by atoms with Gasteiger partial charge in [0, 0.05) is 17.8 Å². The van der Waals surface area contributed by atoms with Crippen molar-refractivity contribution in [3.63, 3.8) is 0 Å². The van der Waals surface area contributed by atoms with Gasteiger partial charge in [0.1, 0.15) is 5.82 Å². The topological polar surface area (TPSA) is 68.0 Å². The van der Waals surface area contributed by atoms with E-state index in [2.05, 4.69) is 17.2 Å². The van der Waals surface area contributed by atoms with Crippen LogP contribution in [0.2, 0.25) is 0 Å². The average Bonchev–Trinajstić information content (AvgIpc) is 2.70. The van der Waals surface area contributed by atoms with Gasteiger partial charge in [-0.2, -0.15) is 0 Å². The predicted molar refractivity (Wildman–Crippen MR) is 72.2 cm³/mol. The maximum Gasteiger partial charge on any atom is 0.251 e. The van der Waals surface area contributed by atoms with Crippen LogP contribution in [0.1, 0.15) is 42.2 Å². The summed E-state index contributed by atoms with van der Waals surface area (Å²) in [5, 5.41) is 2.99. The van der Waals surface area contributed by atoms with Gasteiger partial charge in [-0.05, 0) is 43.7 Å². The van der Waals surface area contributed by atoms with E-state index in [1.807, 2.05) is 6.92 Å². The Labute approximate surface area is 108 Å². The van der Waals surface area contributed by atoms with Crippen molar-refractivity contribution >= 4 is 11.7 Å². The van der Waals surface area contributed by atoms with Crippen LogP contribution in [-0.2, 0) is 0 Å². The van der Waals surface area contributed by atoms with E-state index in [1.54, 1.807) is 12.1 Å². The molecule has 0 saturated heterocycles. The van der Waals surface area contributed by atoms with Crippen molar-refractivity contribution in [2.45, 2.75) is 33.1 Å².